The van der Waals surface area contributed by atoms with Gasteiger partial charge in [-0.2, -0.15) is 25.2 Å². The van der Waals surface area contributed by atoms with Crippen LogP contribution in [0.25, 0.3) is 5.95 Å². The van der Waals surface area contributed by atoms with Crippen LogP contribution in [0.15, 0.2) is 70.2 Å². The Kier molecular flexibility index (Phi) is 6.03. The third-order valence-electron chi connectivity index (χ3n) is 4.44. The molecule has 9 heteroatoms. The lowest BCUT2D eigenvalue weighted by atomic mass is 10.1. The average Bonchev–Trinajstić information content (AvgIpc) is 3.11. The minimum Gasteiger partial charge on any atom is -0.324 e. The predicted octanol–water partition coefficient (Wildman–Crippen LogP) is 5.02. The van der Waals surface area contributed by atoms with Gasteiger partial charge in [0, 0.05) is 15.9 Å². The van der Waals surface area contributed by atoms with Gasteiger partial charge in [0.05, 0.1) is 11.4 Å². The zero-order valence-electron chi connectivity index (χ0n) is 17.3. The number of benzene rings is 2. The van der Waals surface area contributed by atoms with Gasteiger partial charge in [-0.3, -0.25) is 0 Å². The second-order valence-electron chi connectivity index (χ2n) is 6.93. The summed E-state index contributed by atoms with van der Waals surface area (Å²) in [4.78, 5) is 13.5. The maximum atomic E-state index is 4.54. The van der Waals surface area contributed by atoms with E-state index in [4.69, 9.17) is 0 Å². The maximum absolute atomic E-state index is 4.54. The van der Waals surface area contributed by atoms with Crippen molar-refractivity contribution in [2.45, 2.75) is 20.8 Å². The van der Waals surface area contributed by atoms with Crippen molar-refractivity contribution >= 4 is 39.2 Å². The van der Waals surface area contributed by atoms with Gasteiger partial charge in [0.15, 0.2) is 0 Å². The summed E-state index contributed by atoms with van der Waals surface area (Å²) >= 11 is 3.45. The fourth-order valence-electron chi connectivity index (χ4n) is 2.94. The number of para-hydroxylation sites is 1. The van der Waals surface area contributed by atoms with E-state index < -0.39 is 0 Å². The summed E-state index contributed by atoms with van der Waals surface area (Å²) < 4.78 is 2.70. The highest BCUT2D eigenvalue weighted by atomic mass is 79.9. The van der Waals surface area contributed by atoms with Crippen LogP contribution < -0.4 is 10.7 Å². The molecule has 0 saturated heterocycles. The van der Waals surface area contributed by atoms with Crippen LogP contribution in [0, 0.1) is 13.8 Å². The van der Waals surface area contributed by atoms with Crippen LogP contribution in [0.2, 0.25) is 0 Å². The second kappa shape index (κ2) is 9.05. The Morgan fingerprint density at radius 2 is 1.65 bits per heavy atom. The zero-order valence-corrected chi connectivity index (χ0v) is 18.9. The van der Waals surface area contributed by atoms with E-state index in [0.29, 0.717) is 17.8 Å². The van der Waals surface area contributed by atoms with E-state index in [0.717, 1.165) is 32.8 Å². The molecule has 0 saturated carbocycles. The van der Waals surface area contributed by atoms with Crippen LogP contribution in [0.3, 0.4) is 0 Å². The monoisotopic (exact) mass is 476 g/mol. The normalized spacial score (nSPS) is 11.4. The molecule has 4 aromatic rings. The molecule has 2 aromatic heterocycles. The number of aromatic nitrogens is 5. The fourth-order valence-corrected chi connectivity index (χ4v) is 3.20. The quantitative estimate of drug-likeness (QED) is 0.299. The summed E-state index contributed by atoms with van der Waals surface area (Å²) in [6, 6.07) is 19.6. The van der Waals surface area contributed by atoms with Gasteiger partial charge in [0.2, 0.25) is 11.9 Å². The highest BCUT2D eigenvalue weighted by molar-refractivity contribution is 9.10. The number of hydrogen-bond acceptors (Lipinski definition) is 7. The molecule has 0 aliphatic carbocycles. The van der Waals surface area contributed by atoms with Crippen LogP contribution in [0.4, 0.5) is 17.6 Å². The molecule has 4 rings (SSSR count). The van der Waals surface area contributed by atoms with Crippen LogP contribution in [-0.2, 0) is 0 Å². The third kappa shape index (κ3) is 5.13. The van der Waals surface area contributed by atoms with E-state index >= 15 is 0 Å². The van der Waals surface area contributed by atoms with E-state index in [2.05, 4.69) is 51.8 Å². The van der Waals surface area contributed by atoms with Gasteiger partial charge >= 0.3 is 0 Å². The molecule has 2 N–H and O–H groups in total. The molecule has 0 unspecified atom stereocenters. The van der Waals surface area contributed by atoms with Crippen LogP contribution in [0.1, 0.15) is 23.9 Å². The second-order valence-corrected chi connectivity index (χ2v) is 7.84. The van der Waals surface area contributed by atoms with E-state index in [-0.39, 0.29) is 0 Å². The summed E-state index contributed by atoms with van der Waals surface area (Å²) in [7, 11) is 0. The van der Waals surface area contributed by atoms with Crippen molar-refractivity contribution in [1.29, 1.82) is 0 Å². The highest BCUT2D eigenvalue weighted by Gasteiger charge is 2.12. The number of aryl methyl sites for hydroxylation is 2. The smallest absolute Gasteiger partial charge is 0.257 e. The Morgan fingerprint density at radius 1 is 0.935 bits per heavy atom. The number of halogens is 1. The SMILES string of the molecule is C/C(=N\Nc1nc(Nc2ccccc2)nc(-n2nc(C)cc2C)n1)c1ccc(Br)cc1. The minimum absolute atomic E-state index is 0.312. The van der Waals surface area contributed by atoms with Crippen molar-refractivity contribution in [2.24, 2.45) is 5.10 Å². The third-order valence-corrected chi connectivity index (χ3v) is 4.97. The summed E-state index contributed by atoms with van der Waals surface area (Å²) in [6.07, 6.45) is 0. The largest absolute Gasteiger partial charge is 0.324 e. The first-order chi connectivity index (χ1) is 15.0. The first-order valence-corrected chi connectivity index (χ1v) is 10.5. The highest BCUT2D eigenvalue weighted by Crippen LogP contribution is 2.17. The molecule has 31 heavy (non-hydrogen) atoms. The summed E-state index contributed by atoms with van der Waals surface area (Å²) in [6.45, 7) is 5.80. The topological polar surface area (TPSA) is 92.9 Å². The van der Waals surface area contributed by atoms with Crippen LogP contribution >= 0.6 is 15.9 Å². The molecule has 0 radical (unpaired) electrons. The molecule has 0 aliphatic heterocycles. The lowest BCUT2D eigenvalue weighted by Crippen LogP contribution is -2.11. The number of anilines is 3. The van der Waals surface area contributed by atoms with Crippen molar-refractivity contribution in [1.82, 2.24) is 24.7 Å². The van der Waals surface area contributed by atoms with Crippen LogP contribution in [0.5, 0.6) is 0 Å². The molecule has 0 atom stereocenters. The summed E-state index contributed by atoms with van der Waals surface area (Å²) in [5.41, 5.74) is 7.43. The molecular formula is C22H21BrN8. The predicted molar refractivity (Wildman–Crippen MR) is 126 cm³/mol. The molecular weight excluding hydrogens is 456 g/mol. The van der Waals surface area contributed by atoms with E-state index in [9.17, 15) is 0 Å². The van der Waals surface area contributed by atoms with Gasteiger partial charge in [0.25, 0.3) is 5.95 Å². The number of hydrazone groups is 1. The van der Waals surface area contributed by atoms with Crippen molar-refractivity contribution in [3.63, 3.8) is 0 Å². The van der Waals surface area contributed by atoms with E-state index in [1.54, 1.807) is 4.68 Å². The Hall–Kier alpha value is -3.59. The van der Waals surface area contributed by atoms with Gasteiger partial charge in [0.1, 0.15) is 0 Å². The standard InChI is InChI=1S/C22H21BrN8/c1-14-13-15(2)31(30-14)22-26-20(24-19-7-5-4-6-8-19)25-21(27-22)29-28-16(3)17-9-11-18(23)12-10-17/h4-13H,1-3H3,(H2,24,25,26,27,29)/b28-16+. The Labute approximate surface area is 188 Å². The number of nitrogens with one attached hydrogen (secondary N) is 2. The maximum Gasteiger partial charge on any atom is 0.257 e. The van der Waals surface area contributed by atoms with Crippen molar-refractivity contribution in [3.05, 3.63) is 82.1 Å². The van der Waals surface area contributed by atoms with Crippen LogP contribution in [-0.4, -0.2) is 30.4 Å². The first kappa shape index (κ1) is 20.7. The fraction of sp³-hybridized carbons (Fsp3) is 0.136. The number of nitrogens with zero attached hydrogens (tertiary/aromatic N) is 6. The Bertz CT molecular complexity index is 1220. The molecule has 0 amide bonds. The number of rotatable bonds is 6. The molecule has 0 fully saturated rings. The van der Waals surface area contributed by atoms with Crippen molar-refractivity contribution < 1.29 is 0 Å². The number of hydrogen-bond donors (Lipinski definition) is 2. The van der Waals surface area contributed by atoms with E-state index in [1.807, 2.05) is 81.4 Å². The zero-order chi connectivity index (χ0) is 21.8. The molecule has 0 spiro atoms. The molecule has 2 heterocycles. The minimum atomic E-state index is 0.312. The van der Waals surface area contributed by atoms with Crippen molar-refractivity contribution in [2.75, 3.05) is 10.7 Å². The average molecular weight is 477 g/mol. The van der Waals surface area contributed by atoms with Gasteiger partial charge in [-0.05, 0) is 56.7 Å². The molecule has 156 valence electrons. The molecule has 8 nitrogen and oxygen atoms in total. The van der Waals surface area contributed by atoms with Gasteiger partial charge in [-0.25, -0.2) is 10.1 Å². The molecule has 0 aliphatic rings. The molecule has 0 bridgehead atoms. The summed E-state index contributed by atoms with van der Waals surface area (Å²) in [5.74, 6) is 1.10. The molecule has 2 aromatic carbocycles. The lowest BCUT2D eigenvalue weighted by Gasteiger charge is -2.10. The van der Waals surface area contributed by atoms with Gasteiger partial charge in [-0.15, -0.1) is 0 Å². The van der Waals surface area contributed by atoms with Gasteiger partial charge < -0.3 is 5.32 Å². The first-order valence-electron chi connectivity index (χ1n) is 9.66. The summed E-state index contributed by atoms with van der Waals surface area (Å²) in [5, 5.41) is 12.1. The van der Waals surface area contributed by atoms with E-state index in [1.165, 1.54) is 0 Å². The van der Waals surface area contributed by atoms with Crippen molar-refractivity contribution in [3.8, 4) is 5.95 Å². The Morgan fingerprint density at radius 3 is 2.32 bits per heavy atom. The lowest BCUT2D eigenvalue weighted by molar-refractivity contribution is 0.767. The van der Waals surface area contributed by atoms with Gasteiger partial charge in [-0.1, -0.05) is 46.3 Å². The Balaban J connectivity index is 1.67.